The van der Waals surface area contributed by atoms with Crippen LogP contribution in [-0.4, -0.2) is 28.8 Å². The summed E-state index contributed by atoms with van der Waals surface area (Å²) in [5, 5.41) is 7.18. The number of rotatable bonds is 4. The van der Waals surface area contributed by atoms with Crippen LogP contribution in [0.4, 0.5) is 11.4 Å². The molecule has 106 valence electrons. The Balaban J connectivity index is 2.18. The fraction of sp³-hybridized carbons (Fsp3) is 0.286. The molecule has 0 aliphatic rings. The summed E-state index contributed by atoms with van der Waals surface area (Å²) in [6.07, 6.45) is 1.54. The van der Waals surface area contributed by atoms with Crippen molar-refractivity contribution in [2.45, 2.75) is 6.54 Å². The smallest absolute Gasteiger partial charge is 0.287 e. The molecule has 0 aliphatic carbocycles. The molecule has 1 aromatic carbocycles. The van der Waals surface area contributed by atoms with E-state index in [4.69, 9.17) is 11.6 Å². The van der Waals surface area contributed by atoms with Crippen molar-refractivity contribution < 1.29 is 0 Å². The average molecular weight is 293 g/mol. The van der Waals surface area contributed by atoms with Crippen LogP contribution < -0.4 is 10.9 Å². The second-order valence-corrected chi connectivity index (χ2v) is 5.24. The van der Waals surface area contributed by atoms with Gasteiger partial charge in [-0.25, -0.2) is 4.68 Å². The summed E-state index contributed by atoms with van der Waals surface area (Å²) in [6, 6.07) is 7.97. The minimum atomic E-state index is -0.319. The van der Waals surface area contributed by atoms with E-state index in [0.717, 1.165) is 12.2 Å². The second-order valence-electron chi connectivity index (χ2n) is 4.86. The van der Waals surface area contributed by atoms with Crippen LogP contribution in [0.25, 0.3) is 0 Å². The van der Waals surface area contributed by atoms with Gasteiger partial charge in [-0.1, -0.05) is 23.7 Å². The van der Waals surface area contributed by atoms with Crippen molar-refractivity contribution in [2.75, 3.05) is 19.4 Å². The molecule has 0 radical (unpaired) electrons. The van der Waals surface area contributed by atoms with Crippen molar-refractivity contribution in [3.63, 3.8) is 0 Å². The van der Waals surface area contributed by atoms with Gasteiger partial charge in [-0.15, -0.1) is 0 Å². The molecule has 1 N–H and O–H groups in total. The number of aryl methyl sites for hydroxylation is 1. The van der Waals surface area contributed by atoms with E-state index < -0.39 is 0 Å². The number of hydrogen-bond donors (Lipinski definition) is 1. The average Bonchev–Trinajstić information content (AvgIpc) is 2.41. The molecule has 0 unspecified atom stereocenters. The summed E-state index contributed by atoms with van der Waals surface area (Å²) in [6.45, 7) is 0.883. The number of anilines is 2. The van der Waals surface area contributed by atoms with E-state index in [2.05, 4.69) is 15.3 Å². The normalized spacial score (nSPS) is 10.8. The van der Waals surface area contributed by atoms with Gasteiger partial charge in [0.25, 0.3) is 5.56 Å². The van der Waals surface area contributed by atoms with E-state index in [0.29, 0.717) is 5.69 Å². The maximum atomic E-state index is 11.7. The number of aromatic nitrogens is 2. The first-order chi connectivity index (χ1) is 9.47. The summed E-state index contributed by atoms with van der Waals surface area (Å²) < 4.78 is 1.20. The van der Waals surface area contributed by atoms with Crippen LogP contribution >= 0.6 is 11.6 Å². The highest BCUT2D eigenvalue weighted by molar-refractivity contribution is 6.33. The van der Waals surface area contributed by atoms with Crippen LogP contribution in [0.2, 0.25) is 5.02 Å². The van der Waals surface area contributed by atoms with E-state index >= 15 is 0 Å². The zero-order chi connectivity index (χ0) is 14.7. The van der Waals surface area contributed by atoms with E-state index in [-0.39, 0.29) is 10.6 Å². The Morgan fingerprint density at radius 2 is 1.95 bits per heavy atom. The third kappa shape index (κ3) is 3.37. The van der Waals surface area contributed by atoms with Crippen molar-refractivity contribution in [1.29, 1.82) is 0 Å². The van der Waals surface area contributed by atoms with Crippen LogP contribution in [-0.2, 0) is 13.6 Å². The van der Waals surface area contributed by atoms with Gasteiger partial charge < -0.3 is 10.2 Å². The van der Waals surface area contributed by atoms with Gasteiger partial charge in [0, 0.05) is 19.3 Å². The SMILES string of the molecule is CN(C)Cc1ccc(Nc2cnn(C)c(=O)c2Cl)cc1. The highest BCUT2D eigenvalue weighted by atomic mass is 35.5. The van der Waals surface area contributed by atoms with Crippen LogP contribution in [0, 0.1) is 0 Å². The maximum absolute atomic E-state index is 11.7. The lowest BCUT2D eigenvalue weighted by molar-refractivity contribution is 0.402. The Kier molecular flexibility index (Phi) is 4.42. The van der Waals surface area contributed by atoms with Crippen LogP contribution in [0.5, 0.6) is 0 Å². The fourth-order valence-electron chi connectivity index (χ4n) is 1.81. The fourth-order valence-corrected chi connectivity index (χ4v) is 2.03. The van der Waals surface area contributed by atoms with Crippen LogP contribution in [0.1, 0.15) is 5.56 Å². The van der Waals surface area contributed by atoms with Crippen molar-refractivity contribution in [2.24, 2.45) is 7.05 Å². The van der Waals surface area contributed by atoms with E-state index in [9.17, 15) is 4.79 Å². The molecule has 0 spiro atoms. The molecule has 0 atom stereocenters. The summed E-state index contributed by atoms with van der Waals surface area (Å²) in [7, 11) is 5.61. The highest BCUT2D eigenvalue weighted by Gasteiger charge is 2.07. The molecule has 2 rings (SSSR count). The van der Waals surface area contributed by atoms with Crippen molar-refractivity contribution >= 4 is 23.0 Å². The summed E-state index contributed by atoms with van der Waals surface area (Å²) in [5.74, 6) is 0. The minimum Gasteiger partial charge on any atom is -0.353 e. The zero-order valence-corrected chi connectivity index (χ0v) is 12.5. The molecular formula is C14H17ClN4O. The molecule has 0 amide bonds. The topological polar surface area (TPSA) is 50.2 Å². The van der Waals surface area contributed by atoms with Gasteiger partial charge in [0.15, 0.2) is 0 Å². The Morgan fingerprint density at radius 1 is 1.30 bits per heavy atom. The van der Waals surface area contributed by atoms with Gasteiger partial charge in [0.1, 0.15) is 5.02 Å². The van der Waals surface area contributed by atoms with Gasteiger partial charge in [-0.3, -0.25) is 4.79 Å². The van der Waals surface area contributed by atoms with Crippen LogP contribution in [0.15, 0.2) is 35.3 Å². The third-order valence-corrected chi connectivity index (χ3v) is 3.18. The number of halogens is 1. The largest absolute Gasteiger partial charge is 0.353 e. The predicted octanol–water partition coefficient (Wildman–Crippen LogP) is 2.24. The summed E-state index contributed by atoms with van der Waals surface area (Å²) in [5.41, 5.74) is 2.27. The molecule has 0 aliphatic heterocycles. The Bertz CT molecular complexity index is 649. The monoisotopic (exact) mass is 292 g/mol. The maximum Gasteiger partial charge on any atom is 0.287 e. The lowest BCUT2D eigenvalue weighted by Crippen LogP contribution is -2.20. The number of benzene rings is 1. The standard InChI is InChI=1S/C14H17ClN4O/c1-18(2)9-10-4-6-11(7-5-10)17-12-8-16-19(3)14(20)13(12)15/h4-8,17H,9H2,1-3H3. The first kappa shape index (κ1) is 14.6. The third-order valence-electron chi connectivity index (χ3n) is 2.81. The molecule has 0 bridgehead atoms. The lowest BCUT2D eigenvalue weighted by Gasteiger charge is -2.11. The quantitative estimate of drug-likeness (QED) is 0.939. The zero-order valence-electron chi connectivity index (χ0n) is 11.7. The first-order valence-corrected chi connectivity index (χ1v) is 6.57. The second kappa shape index (κ2) is 6.07. The predicted molar refractivity (Wildman–Crippen MR) is 81.6 cm³/mol. The van der Waals surface area contributed by atoms with Gasteiger partial charge in [-0.05, 0) is 31.8 Å². The molecular weight excluding hydrogens is 276 g/mol. The van der Waals surface area contributed by atoms with Crippen LogP contribution in [0.3, 0.4) is 0 Å². The molecule has 0 fully saturated rings. The Hall–Kier alpha value is -1.85. The van der Waals surface area contributed by atoms with E-state index in [1.807, 2.05) is 38.4 Å². The number of nitrogens with zero attached hydrogens (tertiary/aromatic N) is 3. The highest BCUT2D eigenvalue weighted by Crippen LogP contribution is 2.21. The molecule has 2 aromatic rings. The Morgan fingerprint density at radius 3 is 2.55 bits per heavy atom. The summed E-state index contributed by atoms with van der Waals surface area (Å²) in [4.78, 5) is 13.8. The first-order valence-electron chi connectivity index (χ1n) is 6.20. The number of nitrogens with one attached hydrogen (secondary N) is 1. The number of hydrogen-bond acceptors (Lipinski definition) is 4. The Labute approximate surface area is 122 Å². The van der Waals surface area contributed by atoms with Gasteiger partial charge >= 0.3 is 0 Å². The molecule has 1 aromatic heterocycles. The molecule has 6 heteroatoms. The van der Waals surface area contributed by atoms with Crippen molar-refractivity contribution in [3.8, 4) is 0 Å². The van der Waals surface area contributed by atoms with Gasteiger partial charge in [0.05, 0.1) is 11.9 Å². The molecule has 1 heterocycles. The van der Waals surface area contributed by atoms with Crippen molar-refractivity contribution in [1.82, 2.24) is 14.7 Å². The van der Waals surface area contributed by atoms with Crippen molar-refractivity contribution in [3.05, 3.63) is 51.4 Å². The van der Waals surface area contributed by atoms with E-state index in [1.54, 1.807) is 7.05 Å². The van der Waals surface area contributed by atoms with E-state index in [1.165, 1.54) is 16.4 Å². The molecule has 0 saturated carbocycles. The molecule has 0 saturated heterocycles. The lowest BCUT2D eigenvalue weighted by atomic mass is 10.2. The minimum absolute atomic E-state index is 0.139. The molecule has 20 heavy (non-hydrogen) atoms. The van der Waals surface area contributed by atoms with Gasteiger partial charge in [0.2, 0.25) is 0 Å². The molecule has 5 nitrogen and oxygen atoms in total. The summed E-state index contributed by atoms with van der Waals surface area (Å²) >= 11 is 6.01. The van der Waals surface area contributed by atoms with Gasteiger partial charge in [-0.2, -0.15) is 5.10 Å².